The number of sulfonamides is 1. The van der Waals surface area contributed by atoms with Crippen LogP contribution in [0.5, 0.6) is 0 Å². The molecule has 0 aliphatic rings. The van der Waals surface area contributed by atoms with E-state index in [1.165, 1.54) is 0 Å². The molecule has 0 saturated carbocycles. The van der Waals surface area contributed by atoms with E-state index in [0.717, 1.165) is 0 Å². The van der Waals surface area contributed by atoms with Crippen molar-refractivity contribution in [2.75, 3.05) is 12.3 Å². The summed E-state index contributed by atoms with van der Waals surface area (Å²) < 4.78 is 27.9. The number of hydrogen-bond donors (Lipinski definition) is 2. The van der Waals surface area contributed by atoms with Gasteiger partial charge < -0.3 is 5.73 Å². The van der Waals surface area contributed by atoms with E-state index in [-0.39, 0.29) is 12.3 Å². The van der Waals surface area contributed by atoms with Gasteiger partial charge in [-0.1, -0.05) is 12.1 Å². The summed E-state index contributed by atoms with van der Waals surface area (Å²) in [5, 5.41) is 4.08. The van der Waals surface area contributed by atoms with Gasteiger partial charge in [0.15, 0.2) is 5.82 Å². The molecule has 0 amide bonds. The Kier molecular flexibility index (Phi) is 4.35. The minimum absolute atomic E-state index is 0.0665. The number of benzene rings is 1. The standard InChI is InChI=1S/C12H17N5O2S/c1-17-9-14-12(16-17)6-7-15-20(18,19)8-10-2-4-11(13)5-3-10/h2-5,9,15H,6-8,13H2,1H3. The maximum absolute atomic E-state index is 11.9. The summed E-state index contributed by atoms with van der Waals surface area (Å²) >= 11 is 0. The fraction of sp³-hybridized carbons (Fsp3) is 0.333. The van der Waals surface area contributed by atoms with Crippen molar-refractivity contribution in [1.82, 2.24) is 19.5 Å². The Labute approximate surface area is 117 Å². The summed E-state index contributed by atoms with van der Waals surface area (Å²) in [6, 6.07) is 6.77. The van der Waals surface area contributed by atoms with Gasteiger partial charge in [0, 0.05) is 25.7 Å². The van der Waals surface area contributed by atoms with Crippen molar-refractivity contribution in [1.29, 1.82) is 0 Å². The number of nitrogens with zero attached hydrogens (tertiary/aromatic N) is 3. The third-order valence-corrected chi connectivity index (χ3v) is 4.01. The molecule has 0 aliphatic carbocycles. The Morgan fingerprint density at radius 3 is 2.60 bits per heavy atom. The zero-order valence-electron chi connectivity index (χ0n) is 11.2. The first-order chi connectivity index (χ1) is 9.44. The van der Waals surface area contributed by atoms with Crippen LogP contribution in [0, 0.1) is 0 Å². The zero-order valence-corrected chi connectivity index (χ0v) is 12.0. The Hall–Kier alpha value is -1.93. The number of nitrogens with two attached hydrogens (primary N) is 1. The van der Waals surface area contributed by atoms with E-state index >= 15 is 0 Å². The second-order valence-electron chi connectivity index (χ2n) is 4.48. The second kappa shape index (κ2) is 6.02. The van der Waals surface area contributed by atoms with E-state index in [1.807, 2.05) is 0 Å². The monoisotopic (exact) mass is 295 g/mol. The molecule has 8 heteroatoms. The van der Waals surface area contributed by atoms with Crippen LogP contribution in [-0.2, 0) is 29.2 Å². The SMILES string of the molecule is Cn1cnc(CCNS(=O)(=O)Cc2ccc(N)cc2)n1. The van der Waals surface area contributed by atoms with Crippen LogP contribution < -0.4 is 10.5 Å². The van der Waals surface area contributed by atoms with Crippen molar-refractivity contribution in [3.8, 4) is 0 Å². The smallest absolute Gasteiger partial charge is 0.215 e. The van der Waals surface area contributed by atoms with E-state index in [9.17, 15) is 8.42 Å². The topological polar surface area (TPSA) is 103 Å². The summed E-state index contributed by atoms with van der Waals surface area (Å²) in [4.78, 5) is 4.03. The molecule has 3 N–H and O–H groups in total. The molecular formula is C12H17N5O2S. The number of nitrogen functional groups attached to an aromatic ring is 1. The Morgan fingerprint density at radius 2 is 2.00 bits per heavy atom. The van der Waals surface area contributed by atoms with Crippen molar-refractivity contribution in [2.45, 2.75) is 12.2 Å². The number of hydrogen-bond acceptors (Lipinski definition) is 5. The highest BCUT2D eigenvalue weighted by Gasteiger charge is 2.11. The fourth-order valence-electron chi connectivity index (χ4n) is 1.70. The molecule has 0 radical (unpaired) electrons. The highest BCUT2D eigenvalue weighted by molar-refractivity contribution is 7.88. The lowest BCUT2D eigenvalue weighted by molar-refractivity contribution is 0.579. The Balaban J connectivity index is 1.86. The van der Waals surface area contributed by atoms with Gasteiger partial charge in [0.1, 0.15) is 6.33 Å². The second-order valence-corrected chi connectivity index (χ2v) is 6.29. The van der Waals surface area contributed by atoms with E-state index in [2.05, 4.69) is 14.8 Å². The minimum Gasteiger partial charge on any atom is -0.399 e. The maximum Gasteiger partial charge on any atom is 0.215 e. The molecule has 0 unspecified atom stereocenters. The van der Waals surface area contributed by atoms with Crippen LogP contribution in [0.2, 0.25) is 0 Å². The van der Waals surface area contributed by atoms with Gasteiger partial charge in [-0.15, -0.1) is 0 Å². The van der Waals surface area contributed by atoms with Gasteiger partial charge >= 0.3 is 0 Å². The van der Waals surface area contributed by atoms with Gasteiger partial charge in [-0.3, -0.25) is 4.68 Å². The molecule has 0 bridgehead atoms. The quantitative estimate of drug-likeness (QED) is 0.734. The van der Waals surface area contributed by atoms with Gasteiger partial charge in [-0.25, -0.2) is 18.1 Å². The first-order valence-electron chi connectivity index (χ1n) is 6.11. The third kappa shape index (κ3) is 4.32. The molecule has 2 aromatic rings. The molecule has 1 aromatic heterocycles. The lowest BCUT2D eigenvalue weighted by Gasteiger charge is -2.06. The maximum atomic E-state index is 11.9. The molecule has 0 saturated heterocycles. The number of rotatable bonds is 6. The van der Waals surface area contributed by atoms with E-state index in [4.69, 9.17) is 5.73 Å². The van der Waals surface area contributed by atoms with Crippen molar-refractivity contribution in [3.05, 3.63) is 42.0 Å². The largest absolute Gasteiger partial charge is 0.399 e. The number of aryl methyl sites for hydroxylation is 1. The Bertz CT molecular complexity index is 663. The van der Waals surface area contributed by atoms with Crippen LogP contribution in [0.3, 0.4) is 0 Å². The van der Waals surface area contributed by atoms with Crippen LogP contribution in [0.1, 0.15) is 11.4 Å². The first kappa shape index (κ1) is 14.5. The predicted molar refractivity (Wildman–Crippen MR) is 76.2 cm³/mol. The molecular weight excluding hydrogens is 278 g/mol. The van der Waals surface area contributed by atoms with E-state index in [1.54, 1.807) is 42.3 Å². The van der Waals surface area contributed by atoms with Crippen LogP contribution in [-0.4, -0.2) is 29.7 Å². The van der Waals surface area contributed by atoms with Gasteiger partial charge in [0.25, 0.3) is 0 Å². The molecule has 0 fully saturated rings. The molecule has 1 aromatic carbocycles. The lowest BCUT2D eigenvalue weighted by atomic mass is 10.2. The normalized spacial score (nSPS) is 11.7. The molecule has 2 rings (SSSR count). The molecule has 7 nitrogen and oxygen atoms in total. The summed E-state index contributed by atoms with van der Waals surface area (Å²) in [5.41, 5.74) is 6.86. The van der Waals surface area contributed by atoms with Crippen molar-refractivity contribution < 1.29 is 8.42 Å². The first-order valence-corrected chi connectivity index (χ1v) is 7.76. The van der Waals surface area contributed by atoms with Crippen LogP contribution >= 0.6 is 0 Å². The third-order valence-electron chi connectivity index (χ3n) is 2.65. The highest BCUT2D eigenvalue weighted by atomic mass is 32.2. The van der Waals surface area contributed by atoms with Crippen LogP contribution in [0.25, 0.3) is 0 Å². The predicted octanol–water partition coefficient (Wildman–Crippen LogP) is 0.0594. The molecule has 0 spiro atoms. The van der Waals surface area contributed by atoms with Crippen molar-refractivity contribution in [2.24, 2.45) is 7.05 Å². The van der Waals surface area contributed by atoms with Crippen molar-refractivity contribution in [3.63, 3.8) is 0 Å². The molecule has 108 valence electrons. The molecule has 0 aliphatic heterocycles. The average Bonchev–Trinajstić information content (AvgIpc) is 2.77. The summed E-state index contributed by atoms with van der Waals surface area (Å²) in [6.07, 6.45) is 2.04. The van der Waals surface area contributed by atoms with E-state index in [0.29, 0.717) is 23.5 Å². The minimum atomic E-state index is -3.36. The summed E-state index contributed by atoms with van der Waals surface area (Å²) in [5.74, 6) is 0.547. The average molecular weight is 295 g/mol. The van der Waals surface area contributed by atoms with Gasteiger partial charge in [-0.05, 0) is 17.7 Å². The van der Waals surface area contributed by atoms with Crippen LogP contribution in [0.4, 0.5) is 5.69 Å². The van der Waals surface area contributed by atoms with Gasteiger partial charge in [0.2, 0.25) is 10.0 Å². The van der Waals surface area contributed by atoms with Gasteiger partial charge in [0.05, 0.1) is 5.75 Å². The van der Waals surface area contributed by atoms with Gasteiger partial charge in [-0.2, -0.15) is 5.10 Å². The summed E-state index contributed by atoms with van der Waals surface area (Å²) in [7, 11) is -1.60. The molecule has 0 atom stereocenters. The number of anilines is 1. The van der Waals surface area contributed by atoms with Crippen molar-refractivity contribution >= 4 is 15.7 Å². The zero-order chi connectivity index (χ0) is 14.6. The Morgan fingerprint density at radius 1 is 1.30 bits per heavy atom. The fourth-order valence-corrected chi connectivity index (χ4v) is 2.85. The molecule has 1 heterocycles. The molecule has 20 heavy (non-hydrogen) atoms. The number of aromatic nitrogens is 3. The lowest BCUT2D eigenvalue weighted by Crippen LogP contribution is -2.27. The summed E-state index contributed by atoms with van der Waals surface area (Å²) in [6.45, 7) is 0.279. The number of nitrogens with one attached hydrogen (secondary N) is 1. The van der Waals surface area contributed by atoms with E-state index < -0.39 is 10.0 Å². The van der Waals surface area contributed by atoms with Crippen LogP contribution in [0.15, 0.2) is 30.6 Å². The highest BCUT2D eigenvalue weighted by Crippen LogP contribution is 2.08.